The third-order valence-corrected chi connectivity index (χ3v) is 3.33. The highest BCUT2D eigenvalue weighted by Crippen LogP contribution is 2.28. The molecule has 0 fully saturated rings. The number of ketones is 1. The van der Waals surface area contributed by atoms with E-state index in [1.807, 2.05) is 51.1 Å². The third kappa shape index (κ3) is 4.08. The Balaban J connectivity index is 3.03. The fourth-order valence-corrected chi connectivity index (χ4v) is 1.91. The van der Waals surface area contributed by atoms with Crippen molar-refractivity contribution in [3.63, 3.8) is 0 Å². The van der Waals surface area contributed by atoms with Crippen molar-refractivity contribution in [2.45, 2.75) is 33.2 Å². The first-order valence-electron chi connectivity index (χ1n) is 6.66. The van der Waals surface area contributed by atoms with Gasteiger partial charge in [-0.1, -0.05) is 51.1 Å². The summed E-state index contributed by atoms with van der Waals surface area (Å²) in [4.78, 5) is 25.5. The molecule has 0 saturated carbocycles. The molecule has 1 amide bonds. The van der Waals surface area contributed by atoms with Crippen LogP contribution >= 0.6 is 0 Å². The summed E-state index contributed by atoms with van der Waals surface area (Å²) in [5.41, 5.74) is 0.502. The van der Waals surface area contributed by atoms with Crippen molar-refractivity contribution in [2.24, 2.45) is 5.41 Å². The first-order chi connectivity index (χ1) is 9.27. The second-order valence-corrected chi connectivity index (χ2v) is 5.88. The summed E-state index contributed by atoms with van der Waals surface area (Å²) in [6.07, 6.45) is -0.167. The van der Waals surface area contributed by atoms with E-state index in [2.05, 4.69) is 0 Å². The van der Waals surface area contributed by atoms with Crippen LogP contribution in [-0.2, 0) is 9.53 Å². The van der Waals surface area contributed by atoms with Crippen LogP contribution in [0.4, 0.5) is 4.79 Å². The van der Waals surface area contributed by atoms with Crippen LogP contribution in [0.1, 0.15) is 38.8 Å². The minimum atomic E-state index is -0.444. The van der Waals surface area contributed by atoms with Gasteiger partial charge in [-0.05, 0) is 5.56 Å². The minimum absolute atomic E-state index is 0.113. The lowest BCUT2D eigenvalue weighted by molar-refractivity contribution is -0.127. The summed E-state index contributed by atoms with van der Waals surface area (Å²) in [6.45, 7) is 5.65. The summed E-state index contributed by atoms with van der Waals surface area (Å²) < 4.78 is 4.76. The fraction of sp³-hybridized carbons (Fsp3) is 0.500. The van der Waals surface area contributed by atoms with Gasteiger partial charge in [0.15, 0.2) is 0 Å². The molecule has 1 atom stereocenters. The van der Waals surface area contributed by atoms with E-state index in [0.717, 1.165) is 5.56 Å². The number of carbonyl (C=O) groups is 2. The van der Waals surface area contributed by atoms with Crippen molar-refractivity contribution in [2.75, 3.05) is 14.2 Å². The summed E-state index contributed by atoms with van der Waals surface area (Å²) in [5.74, 6) is 0.113. The molecule has 1 aromatic rings. The van der Waals surface area contributed by atoms with Gasteiger partial charge < -0.3 is 9.64 Å². The molecule has 0 aliphatic rings. The SMILES string of the molecule is COC(=O)N(C)C(CC(=O)C(C)(C)C)c1ccccc1. The average molecular weight is 277 g/mol. The number of ether oxygens (including phenoxy) is 1. The van der Waals surface area contributed by atoms with Gasteiger partial charge in [-0.25, -0.2) is 4.79 Å². The van der Waals surface area contributed by atoms with Crippen molar-refractivity contribution in [3.05, 3.63) is 35.9 Å². The van der Waals surface area contributed by atoms with E-state index < -0.39 is 11.5 Å². The second kappa shape index (κ2) is 6.55. The van der Waals surface area contributed by atoms with E-state index >= 15 is 0 Å². The van der Waals surface area contributed by atoms with E-state index in [9.17, 15) is 9.59 Å². The second-order valence-electron chi connectivity index (χ2n) is 5.88. The maximum Gasteiger partial charge on any atom is 0.409 e. The smallest absolute Gasteiger partial charge is 0.409 e. The van der Waals surface area contributed by atoms with Crippen LogP contribution < -0.4 is 0 Å². The van der Waals surface area contributed by atoms with Crippen LogP contribution in [0.2, 0.25) is 0 Å². The highest BCUT2D eigenvalue weighted by molar-refractivity contribution is 5.84. The maximum atomic E-state index is 12.3. The van der Waals surface area contributed by atoms with Gasteiger partial charge in [0.25, 0.3) is 0 Å². The predicted molar refractivity (Wildman–Crippen MR) is 78.4 cm³/mol. The number of hydrogen-bond acceptors (Lipinski definition) is 3. The molecule has 0 heterocycles. The van der Waals surface area contributed by atoms with Gasteiger partial charge in [-0.3, -0.25) is 4.79 Å². The highest BCUT2D eigenvalue weighted by atomic mass is 16.5. The number of carbonyl (C=O) groups excluding carboxylic acids is 2. The van der Waals surface area contributed by atoms with Gasteiger partial charge in [0, 0.05) is 18.9 Å². The molecule has 0 bridgehead atoms. The number of hydrogen-bond donors (Lipinski definition) is 0. The number of benzene rings is 1. The molecule has 20 heavy (non-hydrogen) atoms. The number of rotatable bonds is 4. The summed E-state index contributed by atoms with van der Waals surface area (Å²) in [6, 6.07) is 9.23. The van der Waals surface area contributed by atoms with Crippen LogP contribution in [0, 0.1) is 5.41 Å². The number of Topliss-reactive ketones (excluding diaryl/α,β-unsaturated/α-hetero) is 1. The standard InChI is InChI=1S/C16H23NO3/c1-16(2,3)14(18)11-13(17(4)15(19)20-5)12-9-7-6-8-10-12/h6-10,13H,11H2,1-5H3. The number of nitrogens with zero attached hydrogens (tertiary/aromatic N) is 1. The van der Waals surface area contributed by atoms with E-state index in [0.29, 0.717) is 0 Å². The Kier molecular flexibility index (Phi) is 5.31. The maximum absolute atomic E-state index is 12.3. The monoisotopic (exact) mass is 277 g/mol. The van der Waals surface area contributed by atoms with Crippen LogP contribution in [0.5, 0.6) is 0 Å². The predicted octanol–water partition coefficient (Wildman–Crippen LogP) is 3.43. The molecule has 0 aliphatic carbocycles. The third-order valence-electron chi connectivity index (χ3n) is 3.33. The van der Waals surface area contributed by atoms with E-state index in [1.54, 1.807) is 7.05 Å². The first kappa shape index (κ1) is 16.2. The minimum Gasteiger partial charge on any atom is -0.453 e. The van der Waals surface area contributed by atoms with Crippen molar-refractivity contribution in [1.29, 1.82) is 0 Å². The quantitative estimate of drug-likeness (QED) is 0.847. The Hall–Kier alpha value is -1.84. The van der Waals surface area contributed by atoms with Gasteiger partial charge >= 0.3 is 6.09 Å². The molecule has 1 rings (SSSR count). The molecule has 0 saturated heterocycles. The topological polar surface area (TPSA) is 46.6 Å². The molecular weight excluding hydrogens is 254 g/mol. The number of amides is 1. The molecule has 0 aliphatic heterocycles. The molecular formula is C16H23NO3. The largest absolute Gasteiger partial charge is 0.453 e. The molecule has 1 aromatic carbocycles. The molecule has 0 spiro atoms. The molecule has 110 valence electrons. The van der Waals surface area contributed by atoms with Gasteiger partial charge in [0.1, 0.15) is 5.78 Å². The number of methoxy groups -OCH3 is 1. The van der Waals surface area contributed by atoms with E-state index in [-0.39, 0.29) is 18.2 Å². The van der Waals surface area contributed by atoms with Gasteiger partial charge in [0.05, 0.1) is 13.2 Å². The zero-order chi connectivity index (χ0) is 15.3. The normalized spacial score (nSPS) is 12.7. The van der Waals surface area contributed by atoms with E-state index in [1.165, 1.54) is 12.0 Å². The lowest BCUT2D eigenvalue weighted by Gasteiger charge is -2.29. The van der Waals surface area contributed by atoms with Crippen LogP contribution in [0.15, 0.2) is 30.3 Å². The Morgan fingerprint density at radius 3 is 2.20 bits per heavy atom. The van der Waals surface area contributed by atoms with Crippen molar-refractivity contribution < 1.29 is 14.3 Å². The Labute approximate surface area is 120 Å². The van der Waals surface area contributed by atoms with Gasteiger partial charge in [-0.15, -0.1) is 0 Å². The zero-order valence-corrected chi connectivity index (χ0v) is 12.8. The van der Waals surface area contributed by atoms with Crippen molar-refractivity contribution >= 4 is 11.9 Å². The summed E-state index contributed by atoms with van der Waals surface area (Å²) in [7, 11) is 2.99. The molecule has 0 radical (unpaired) electrons. The molecule has 0 N–H and O–H groups in total. The van der Waals surface area contributed by atoms with Crippen LogP contribution in [-0.4, -0.2) is 30.9 Å². The Morgan fingerprint density at radius 1 is 1.20 bits per heavy atom. The molecule has 4 heteroatoms. The molecule has 1 unspecified atom stereocenters. The lowest BCUT2D eigenvalue weighted by Crippen LogP contribution is -2.34. The molecule has 4 nitrogen and oxygen atoms in total. The summed E-state index contributed by atoms with van der Waals surface area (Å²) >= 11 is 0. The van der Waals surface area contributed by atoms with E-state index in [4.69, 9.17) is 4.74 Å². The van der Waals surface area contributed by atoms with Crippen LogP contribution in [0.25, 0.3) is 0 Å². The lowest BCUT2D eigenvalue weighted by atomic mass is 9.85. The Bertz CT molecular complexity index is 462. The molecule has 0 aromatic heterocycles. The zero-order valence-electron chi connectivity index (χ0n) is 12.8. The van der Waals surface area contributed by atoms with Gasteiger partial charge in [0.2, 0.25) is 0 Å². The fourth-order valence-electron chi connectivity index (χ4n) is 1.91. The van der Waals surface area contributed by atoms with Crippen molar-refractivity contribution in [3.8, 4) is 0 Å². The average Bonchev–Trinajstić information content (AvgIpc) is 2.42. The van der Waals surface area contributed by atoms with Gasteiger partial charge in [-0.2, -0.15) is 0 Å². The van der Waals surface area contributed by atoms with Crippen molar-refractivity contribution in [1.82, 2.24) is 4.90 Å². The van der Waals surface area contributed by atoms with Crippen LogP contribution in [0.3, 0.4) is 0 Å². The Morgan fingerprint density at radius 2 is 1.75 bits per heavy atom. The first-order valence-corrected chi connectivity index (χ1v) is 6.66. The highest BCUT2D eigenvalue weighted by Gasteiger charge is 2.29. The summed E-state index contributed by atoms with van der Waals surface area (Å²) in [5, 5.41) is 0.